The Kier molecular flexibility index (Phi) is 5.54. The first kappa shape index (κ1) is 16.3. The van der Waals surface area contributed by atoms with Crippen LogP contribution >= 0.6 is 0 Å². The van der Waals surface area contributed by atoms with E-state index in [0.29, 0.717) is 5.75 Å². The molecule has 0 aliphatic rings. The van der Waals surface area contributed by atoms with Gasteiger partial charge in [0.1, 0.15) is 11.8 Å². The summed E-state index contributed by atoms with van der Waals surface area (Å²) >= 11 is 0. The summed E-state index contributed by atoms with van der Waals surface area (Å²) in [4.78, 5) is 12.0. The molecule has 0 heterocycles. The molecule has 2 aromatic rings. The first-order valence-electron chi connectivity index (χ1n) is 7.25. The van der Waals surface area contributed by atoms with Crippen molar-refractivity contribution in [2.75, 3.05) is 11.9 Å². The number of benzene rings is 2. The molecule has 0 unspecified atom stereocenters. The molecule has 0 saturated heterocycles. The lowest BCUT2D eigenvalue weighted by molar-refractivity contribution is -0.111. The highest BCUT2D eigenvalue weighted by Crippen LogP contribution is 2.18. The average Bonchev–Trinajstić information content (AvgIpc) is 2.56. The molecule has 0 fully saturated rings. The van der Waals surface area contributed by atoms with E-state index in [-0.39, 0.29) is 12.5 Å². The monoisotopic (exact) mass is 306 g/mol. The van der Waals surface area contributed by atoms with Crippen molar-refractivity contribution in [1.29, 1.82) is 5.26 Å². The number of hydrogen-bond donors (Lipinski definition) is 1. The number of nitriles is 1. The average molecular weight is 306 g/mol. The minimum absolute atomic E-state index is 0.0213. The molecule has 0 bridgehead atoms. The van der Waals surface area contributed by atoms with Crippen LogP contribution in [-0.4, -0.2) is 12.5 Å². The first-order chi connectivity index (χ1) is 11.1. The molecule has 2 aromatic carbocycles. The van der Waals surface area contributed by atoms with Gasteiger partial charge in [0.2, 0.25) is 5.91 Å². The van der Waals surface area contributed by atoms with E-state index >= 15 is 0 Å². The maximum atomic E-state index is 12.0. The van der Waals surface area contributed by atoms with E-state index in [0.717, 1.165) is 22.4 Å². The van der Waals surface area contributed by atoms with Gasteiger partial charge < -0.3 is 10.1 Å². The topological polar surface area (TPSA) is 62.1 Å². The van der Waals surface area contributed by atoms with Crippen molar-refractivity contribution in [3.63, 3.8) is 0 Å². The van der Waals surface area contributed by atoms with Gasteiger partial charge in [-0.15, -0.1) is 0 Å². The fraction of sp³-hybridized carbons (Fsp3) is 0.158. The summed E-state index contributed by atoms with van der Waals surface area (Å²) in [5.74, 6) is 0.451. The molecule has 1 amide bonds. The highest BCUT2D eigenvalue weighted by molar-refractivity contribution is 6.02. The zero-order valence-corrected chi connectivity index (χ0v) is 13.2. The van der Waals surface area contributed by atoms with E-state index in [9.17, 15) is 4.79 Å². The van der Waals surface area contributed by atoms with Gasteiger partial charge in [0, 0.05) is 11.8 Å². The third kappa shape index (κ3) is 4.72. The number of hydrogen-bond acceptors (Lipinski definition) is 3. The Hall–Kier alpha value is -3.06. The van der Waals surface area contributed by atoms with E-state index in [4.69, 9.17) is 10.00 Å². The standard InChI is InChI=1S/C19H18N2O2/c1-14-4-3-5-18(15(14)2)21-19(22)11-8-16-6-9-17(10-7-16)23-13-12-20/h3-11H,13H2,1-2H3,(H,21,22)/b11-8+. The lowest BCUT2D eigenvalue weighted by Crippen LogP contribution is -2.09. The molecule has 0 aliphatic heterocycles. The zero-order chi connectivity index (χ0) is 16.7. The summed E-state index contributed by atoms with van der Waals surface area (Å²) < 4.78 is 5.17. The molecular weight excluding hydrogens is 288 g/mol. The summed E-state index contributed by atoms with van der Waals surface area (Å²) in [6, 6.07) is 14.9. The largest absolute Gasteiger partial charge is 0.479 e. The number of rotatable bonds is 5. The van der Waals surface area contributed by atoms with Crippen LogP contribution in [0.4, 0.5) is 5.69 Å². The second-order valence-electron chi connectivity index (χ2n) is 5.09. The summed E-state index contributed by atoms with van der Waals surface area (Å²) in [6.07, 6.45) is 3.22. The van der Waals surface area contributed by atoms with Crippen molar-refractivity contribution in [2.24, 2.45) is 0 Å². The molecule has 0 aromatic heterocycles. The van der Waals surface area contributed by atoms with Gasteiger partial charge in [-0.2, -0.15) is 5.26 Å². The molecule has 0 aliphatic carbocycles. The van der Waals surface area contributed by atoms with Gasteiger partial charge in [0.15, 0.2) is 6.61 Å². The van der Waals surface area contributed by atoms with Crippen LogP contribution < -0.4 is 10.1 Å². The van der Waals surface area contributed by atoms with E-state index in [1.54, 1.807) is 18.2 Å². The Bertz CT molecular complexity index is 756. The van der Waals surface area contributed by atoms with E-state index in [1.165, 1.54) is 6.08 Å². The lowest BCUT2D eigenvalue weighted by Gasteiger charge is -2.08. The number of aryl methyl sites for hydroxylation is 1. The maximum Gasteiger partial charge on any atom is 0.248 e. The third-order valence-corrected chi connectivity index (χ3v) is 3.47. The van der Waals surface area contributed by atoms with Gasteiger partial charge in [0.05, 0.1) is 0 Å². The number of carbonyl (C=O) groups is 1. The smallest absolute Gasteiger partial charge is 0.248 e. The number of nitrogens with zero attached hydrogens (tertiary/aromatic N) is 1. The Morgan fingerprint density at radius 2 is 1.96 bits per heavy atom. The summed E-state index contributed by atoms with van der Waals surface area (Å²) in [6.45, 7) is 4.01. The van der Waals surface area contributed by atoms with Crippen molar-refractivity contribution in [3.8, 4) is 11.8 Å². The highest BCUT2D eigenvalue weighted by Gasteiger charge is 2.03. The van der Waals surface area contributed by atoms with Crippen LogP contribution in [0.1, 0.15) is 16.7 Å². The summed E-state index contributed by atoms with van der Waals surface area (Å²) in [5.41, 5.74) is 3.90. The summed E-state index contributed by atoms with van der Waals surface area (Å²) in [5, 5.41) is 11.3. The second kappa shape index (κ2) is 7.81. The summed E-state index contributed by atoms with van der Waals surface area (Å²) in [7, 11) is 0. The van der Waals surface area contributed by atoms with E-state index in [2.05, 4.69) is 5.32 Å². The highest BCUT2D eigenvalue weighted by atomic mass is 16.5. The van der Waals surface area contributed by atoms with Crippen LogP contribution in [0, 0.1) is 25.2 Å². The van der Waals surface area contributed by atoms with Crippen LogP contribution in [0.3, 0.4) is 0 Å². The minimum Gasteiger partial charge on any atom is -0.479 e. The number of ether oxygens (including phenoxy) is 1. The van der Waals surface area contributed by atoms with E-state index in [1.807, 2.05) is 50.2 Å². The molecule has 4 nitrogen and oxygen atoms in total. The molecule has 1 N–H and O–H groups in total. The Morgan fingerprint density at radius 1 is 1.22 bits per heavy atom. The second-order valence-corrected chi connectivity index (χ2v) is 5.09. The predicted molar refractivity (Wildman–Crippen MR) is 91.1 cm³/mol. The van der Waals surface area contributed by atoms with Gasteiger partial charge in [-0.3, -0.25) is 4.79 Å². The number of carbonyl (C=O) groups excluding carboxylic acids is 1. The molecule has 2 rings (SSSR count). The Balaban J connectivity index is 1.98. The van der Waals surface area contributed by atoms with Crippen molar-refractivity contribution >= 4 is 17.7 Å². The van der Waals surface area contributed by atoms with Gasteiger partial charge in [-0.1, -0.05) is 24.3 Å². The van der Waals surface area contributed by atoms with Crippen molar-refractivity contribution in [1.82, 2.24) is 0 Å². The molecule has 0 spiro atoms. The normalized spacial score (nSPS) is 10.3. The van der Waals surface area contributed by atoms with Crippen molar-refractivity contribution in [3.05, 3.63) is 65.2 Å². The van der Waals surface area contributed by atoms with Crippen LogP contribution in [0.15, 0.2) is 48.5 Å². The fourth-order valence-electron chi connectivity index (χ4n) is 2.02. The molecule has 4 heteroatoms. The van der Waals surface area contributed by atoms with Crippen LogP contribution in [0.2, 0.25) is 0 Å². The molecule has 0 radical (unpaired) electrons. The van der Waals surface area contributed by atoms with Crippen molar-refractivity contribution < 1.29 is 9.53 Å². The van der Waals surface area contributed by atoms with Crippen LogP contribution in [-0.2, 0) is 4.79 Å². The van der Waals surface area contributed by atoms with Crippen LogP contribution in [0.25, 0.3) is 6.08 Å². The van der Waals surface area contributed by atoms with Gasteiger partial charge in [-0.05, 0) is 54.8 Å². The van der Waals surface area contributed by atoms with E-state index < -0.39 is 0 Å². The third-order valence-electron chi connectivity index (χ3n) is 3.47. The quantitative estimate of drug-likeness (QED) is 0.853. The number of anilines is 1. The molecule has 23 heavy (non-hydrogen) atoms. The van der Waals surface area contributed by atoms with Crippen molar-refractivity contribution in [2.45, 2.75) is 13.8 Å². The van der Waals surface area contributed by atoms with Gasteiger partial charge in [-0.25, -0.2) is 0 Å². The minimum atomic E-state index is -0.177. The first-order valence-corrected chi connectivity index (χ1v) is 7.25. The maximum absolute atomic E-state index is 12.0. The van der Waals surface area contributed by atoms with Gasteiger partial charge >= 0.3 is 0 Å². The number of amides is 1. The molecule has 0 atom stereocenters. The predicted octanol–water partition coefficient (Wildman–Crippen LogP) is 3.86. The molecular formula is C19H18N2O2. The molecule has 116 valence electrons. The van der Waals surface area contributed by atoms with Crippen LogP contribution in [0.5, 0.6) is 5.75 Å². The lowest BCUT2D eigenvalue weighted by atomic mass is 10.1. The fourth-order valence-corrected chi connectivity index (χ4v) is 2.02. The Morgan fingerprint density at radius 3 is 2.65 bits per heavy atom. The SMILES string of the molecule is Cc1cccc(NC(=O)/C=C/c2ccc(OCC#N)cc2)c1C. The number of nitrogens with one attached hydrogen (secondary N) is 1. The molecule has 0 saturated carbocycles. The Labute approximate surface area is 136 Å². The zero-order valence-electron chi connectivity index (χ0n) is 13.2. The van der Waals surface area contributed by atoms with Gasteiger partial charge in [0.25, 0.3) is 0 Å².